The molecule has 0 spiro atoms. The van der Waals surface area contributed by atoms with Gasteiger partial charge in [0.25, 0.3) is 0 Å². The molecule has 0 bridgehead atoms. The van der Waals surface area contributed by atoms with Gasteiger partial charge in [-0.25, -0.2) is 13.1 Å². The number of nitrogens with one attached hydrogen (secondary N) is 1. The van der Waals surface area contributed by atoms with E-state index in [4.69, 9.17) is 10.5 Å². The maximum Gasteiger partial charge on any atom is 0.242 e. The first-order valence-electron chi connectivity index (χ1n) is 4.55. The van der Waals surface area contributed by atoms with Gasteiger partial charge < -0.3 is 15.6 Å². The molecule has 16 heavy (non-hydrogen) atoms. The number of ether oxygens (including phenoxy) is 1. The van der Waals surface area contributed by atoms with Gasteiger partial charge in [-0.05, 0) is 12.1 Å². The highest BCUT2D eigenvalue weighted by Crippen LogP contribution is 2.26. The van der Waals surface area contributed by atoms with Crippen molar-refractivity contribution in [1.29, 1.82) is 0 Å². The normalized spacial score (nSPS) is 11.6. The van der Waals surface area contributed by atoms with Crippen LogP contribution in [0, 0.1) is 0 Å². The second kappa shape index (κ2) is 5.15. The van der Waals surface area contributed by atoms with Crippen LogP contribution in [0.25, 0.3) is 0 Å². The fourth-order valence-corrected chi connectivity index (χ4v) is 2.28. The van der Waals surface area contributed by atoms with Crippen LogP contribution in [0.4, 0.5) is 5.69 Å². The Morgan fingerprint density at radius 2 is 2.19 bits per heavy atom. The molecule has 0 radical (unpaired) electrons. The van der Waals surface area contributed by atoms with Gasteiger partial charge in [-0.2, -0.15) is 0 Å². The smallest absolute Gasteiger partial charge is 0.242 e. The Balaban J connectivity index is 2.94. The van der Waals surface area contributed by atoms with E-state index >= 15 is 0 Å². The lowest BCUT2D eigenvalue weighted by molar-refractivity contribution is 0.204. The van der Waals surface area contributed by atoms with Crippen LogP contribution in [-0.2, 0) is 14.8 Å². The zero-order chi connectivity index (χ0) is 12.2. The number of phenolic OH excluding ortho intramolecular Hbond substituents is 1. The molecule has 1 aromatic carbocycles. The summed E-state index contributed by atoms with van der Waals surface area (Å²) < 4.78 is 30.5. The molecule has 0 heterocycles. The fraction of sp³-hybridized carbons (Fsp3) is 0.333. The van der Waals surface area contributed by atoms with Crippen molar-refractivity contribution in [2.75, 3.05) is 26.0 Å². The summed E-state index contributed by atoms with van der Waals surface area (Å²) in [6.45, 7) is 0.409. The molecule has 0 aliphatic rings. The van der Waals surface area contributed by atoms with E-state index in [1.54, 1.807) is 0 Å². The number of hydrogen-bond donors (Lipinski definition) is 3. The number of para-hydroxylation sites is 1. The average Bonchev–Trinajstić information content (AvgIpc) is 2.22. The monoisotopic (exact) mass is 246 g/mol. The molecule has 0 fully saturated rings. The predicted molar refractivity (Wildman–Crippen MR) is 59.6 cm³/mol. The van der Waals surface area contributed by atoms with Crippen molar-refractivity contribution in [3.8, 4) is 5.75 Å². The molecule has 0 unspecified atom stereocenters. The van der Waals surface area contributed by atoms with Crippen LogP contribution in [0.3, 0.4) is 0 Å². The Morgan fingerprint density at radius 1 is 1.50 bits per heavy atom. The molecular weight excluding hydrogens is 232 g/mol. The van der Waals surface area contributed by atoms with Crippen molar-refractivity contribution in [3.63, 3.8) is 0 Å². The van der Waals surface area contributed by atoms with E-state index in [0.717, 1.165) is 0 Å². The highest BCUT2D eigenvalue weighted by molar-refractivity contribution is 7.89. The lowest BCUT2D eigenvalue weighted by Crippen LogP contribution is -2.27. The summed E-state index contributed by atoms with van der Waals surface area (Å²) in [4.78, 5) is -0.136. The second-order valence-electron chi connectivity index (χ2n) is 3.08. The van der Waals surface area contributed by atoms with E-state index in [2.05, 4.69) is 4.72 Å². The summed E-state index contributed by atoms with van der Waals surface area (Å²) in [5.74, 6) is -0.255. The zero-order valence-corrected chi connectivity index (χ0v) is 9.62. The maximum atomic E-state index is 11.7. The molecular formula is C9H14N2O4S. The molecule has 1 rings (SSSR count). The number of aromatic hydroxyl groups is 1. The van der Waals surface area contributed by atoms with Gasteiger partial charge >= 0.3 is 0 Å². The third-order valence-electron chi connectivity index (χ3n) is 1.93. The van der Waals surface area contributed by atoms with Crippen LogP contribution in [0.2, 0.25) is 0 Å². The van der Waals surface area contributed by atoms with E-state index < -0.39 is 10.0 Å². The molecule has 0 amide bonds. The zero-order valence-electron chi connectivity index (χ0n) is 8.80. The van der Waals surface area contributed by atoms with Gasteiger partial charge in [0.05, 0.1) is 12.3 Å². The van der Waals surface area contributed by atoms with E-state index in [9.17, 15) is 13.5 Å². The van der Waals surface area contributed by atoms with Crippen molar-refractivity contribution in [2.45, 2.75) is 4.90 Å². The summed E-state index contributed by atoms with van der Waals surface area (Å²) in [7, 11) is -2.23. The second-order valence-corrected chi connectivity index (χ2v) is 4.81. The number of benzene rings is 1. The summed E-state index contributed by atoms with van der Waals surface area (Å²) >= 11 is 0. The first-order valence-corrected chi connectivity index (χ1v) is 6.03. The van der Waals surface area contributed by atoms with Crippen molar-refractivity contribution in [1.82, 2.24) is 4.72 Å². The minimum Gasteiger partial charge on any atom is -0.506 e. The van der Waals surface area contributed by atoms with E-state index in [1.807, 2.05) is 0 Å². The van der Waals surface area contributed by atoms with E-state index in [1.165, 1.54) is 25.3 Å². The van der Waals surface area contributed by atoms with E-state index in [0.29, 0.717) is 0 Å². The Labute approximate surface area is 94.1 Å². The van der Waals surface area contributed by atoms with Gasteiger partial charge in [-0.1, -0.05) is 6.07 Å². The first-order chi connectivity index (χ1) is 7.49. The topological polar surface area (TPSA) is 102 Å². The molecule has 4 N–H and O–H groups in total. The average molecular weight is 246 g/mol. The van der Waals surface area contributed by atoms with Gasteiger partial charge in [-0.15, -0.1) is 0 Å². The lowest BCUT2D eigenvalue weighted by atomic mass is 10.3. The Morgan fingerprint density at radius 3 is 2.81 bits per heavy atom. The number of hydrogen-bond acceptors (Lipinski definition) is 5. The fourth-order valence-electron chi connectivity index (χ4n) is 1.12. The maximum absolute atomic E-state index is 11.7. The molecule has 1 aromatic rings. The van der Waals surface area contributed by atoms with Crippen molar-refractivity contribution in [3.05, 3.63) is 18.2 Å². The molecule has 0 aliphatic heterocycles. The van der Waals surface area contributed by atoms with Gasteiger partial charge in [-0.3, -0.25) is 0 Å². The quantitative estimate of drug-likeness (QED) is 0.382. The van der Waals surface area contributed by atoms with Crippen molar-refractivity contribution >= 4 is 15.7 Å². The number of methoxy groups -OCH3 is 1. The van der Waals surface area contributed by atoms with Gasteiger partial charge in [0.2, 0.25) is 10.0 Å². The van der Waals surface area contributed by atoms with Gasteiger partial charge in [0.15, 0.2) is 0 Å². The third kappa shape index (κ3) is 2.84. The third-order valence-corrected chi connectivity index (χ3v) is 3.45. The first kappa shape index (κ1) is 12.8. The largest absolute Gasteiger partial charge is 0.506 e. The molecule has 90 valence electrons. The van der Waals surface area contributed by atoms with Crippen molar-refractivity contribution in [2.24, 2.45) is 0 Å². The minimum atomic E-state index is -3.70. The number of phenols is 1. The summed E-state index contributed by atoms with van der Waals surface area (Å²) in [6, 6.07) is 4.06. The minimum absolute atomic E-state index is 0.136. The van der Waals surface area contributed by atoms with E-state index in [-0.39, 0.29) is 29.5 Å². The van der Waals surface area contributed by atoms with Crippen LogP contribution in [0.15, 0.2) is 23.1 Å². The molecule has 0 aliphatic carbocycles. The van der Waals surface area contributed by atoms with Crippen LogP contribution < -0.4 is 10.5 Å². The number of nitrogens with two attached hydrogens (primary N) is 1. The number of anilines is 1. The lowest BCUT2D eigenvalue weighted by Gasteiger charge is -2.09. The van der Waals surface area contributed by atoms with Crippen molar-refractivity contribution < 1.29 is 18.3 Å². The van der Waals surface area contributed by atoms with Crippen LogP contribution in [-0.4, -0.2) is 33.8 Å². The summed E-state index contributed by atoms with van der Waals surface area (Å²) in [5, 5.41) is 9.29. The molecule has 7 heteroatoms. The predicted octanol–water partition coefficient (Wildman–Crippen LogP) is -0.101. The van der Waals surface area contributed by atoms with Gasteiger partial charge in [0, 0.05) is 13.7 Å². The summed E-state index contributed by atoms with van der Waals surface area (Å²) in [6.07, 6.45) is 0. The Kier molecular flexibility index (Phi) is 4.11. The number of nitrogen functional groups attached to an aromatic ring is 1. The van der Waals surface area contributed by atoms with Gasteiger partial charge in [0.1, 0.15) is 10.6 Å². The highest BCUT2D eigenvalue weighted by atomic mass is 32.2. The SMILES string of the molecule is COCCNS(=O)(=O)c1cccc(O)c1N. The molecule has 0 saturated carbocycles. The standard InChI is InChI=1S/C9H14N2O4S/c1-15-6-5-11-16(13,14)8-4-2-3-7(12)9(8)10/h2-4,11-12H,5-6,10H2,1H3. The Bertz CT molecular complexity index is 459. The number of sulfonamides is 1. The van der Waals surface area contributed by atoms with Crippen LogP contribution >= 0.6 is 0 Å². The molecule has 0 aromatic heterocycles. The summed E-state index contributed by atoms with van der Waals surface area (Å²) in [5.41, 5.74) is 5.31. The molecule has 0 saturated heterocycles. The number of rotatable bonds is 5. The molecule has 0 atom stereocenters. The Hall–Kier alpha value is -1.31. The van der Waals surface area contributed by atoms with Crippen LogP contribution in [0.1, 0.15) is 0 Å². The van der Waals surface area contributed by atoms with Crippen LogP contribution in [0.5, 0.6) is 5.75 Å². The highest BCUT2D eigenvalue weighted by Gasteiger charge is 2.18. The molecule has 6 nitrogen and oxygen atoms in total.